The number of hydrogen-bond donors (Lipinski definition) is 1. The highest BCUT2D eigenvalue weighted by molar-refractivity contribution is 6.30. The van der Waals surface area contributed by atoms with Gasteiger partial charge in [0.15, 0.2) is 11.6 Å². The lowest BCUT2D eigenvalue weighted by molar-refractivity contribution is 0.437. The van der Waals surface area contributed by atoms with Gasteiger partial charge in [0, 0.05) is 23.7 Å². The molecule has 0 amide bonds. The number of benzene rings is 1. The van der Waals surface area contributed by atoms with Gasteiger partial charge >= 0.3 is 5.63 Å². The van der Waals surface area contributed by atoms with Crippen molar-refractivity contribution in [2.45, 2.75) is 6.92 Å². The molecule has 0 aliphatic carbocycles. The zero-order valence-electron chi connectivity index (χ0n) is 11.9. The van der Waals surface area contributed by atoms with Crippen LogP contribution in [0.3, 0.4) is 0 Å². The third-order valence-corrected chi connectivity index (χ3v) is 3.39. The highest BCUT2D eigenvalue weighted by Gasteiger charge is 2.19. The average Bonchev–Trinajstić information content (AvgIpc) is 2.80. The van der Waals surface area contributed by atoms with E-state index in [1.165, 1.54) is 10.7 Å². The molecule has 2 heterocycles. The maximum Gasteiger partial charge on any atom is 0.350 e. The molecule has 0 aliphatic rings. The molecule has 1 aromatic carbocycles. The van der Waals surface area contributed by atoms with Gasteiger partial charge in [-0.1, -0.05) is 11.6 Å². The van der Waals surface area contributed by atoms with Crippen LogP contribution in [0.2, 0.25) is 5.02 Å². The van der Waals surface area contributed by atoms with Crippen LogP contribution < -0.4 is 5.63 Å². The molecule has 0 unspecified atom stereocenters. The monoisotopic (exact) mass is 317 g/mol. The van der Waals surface area contributed by atoms with Crippen LogP contribution >= 0.6 is 11.6 Å². The van der Waals surface area contributed by atoms with Crippen molar-refractivity contribution in [3.05, 3.63) is 51.5 Å². The maximum atomic E-state index is 12.0. The van der Waals surface area contributed by atoms with E-state index in [1.807, 2.05) is 0 Å². The highest BCUT2D eigenvalue weighted by atomic mass is 35.5. The summed E-state index contributed by atoms with van der Waals surface area (Å²) in [4.78, 5) is 16.3. The first-order valence-electron chi connectivity index (χ1n) is 6.47. The van der Waals surface area contributed by atoms with Crippen LogP contribution in [0.25, 0.3) is 22.8 Å². The number of halogens is 1. The van der Waals surface area contributed by atoms with Crippen molar-refractivity contribution in [3.63, 3.8) is 0 Å². The molecule has 0 spiro atoms. The predicted molar refractivity (Wildman–Crippen MR) is 81.8 cm³/mol. The topological polar surface area (TPSA) is 81.2 Å². The average molecular weight is 318 g/mol. The maximum absolute atomic E-state index is 12.0. The molecule has 0 saturated heterocycles. The minimum atomic E-state index is -0.657. The summed E-state index contributed by atoms with van der Waals surface area (Å²) in [6, 6.07) is 8.38. The lowest BCUT2D eigenvalue weighted by Crippen LogP contribution is -2.08. The summed E-state index contributed by atoms with van der Waals surface area (Å²) in [5.74, 6) is 0.794. The molecule has 112 valence electrons. The van der Waals surface area contributed by atoms with Crippen molar-refractivity contribution >= 4 is 11.6 Å². The van der Waals surface area contributed by atoms with Gasteiger partial charge in [0.25, 0.3) is 0 Å². The van der Waals surface area contributed by atoms with Gasteiger partial charge < -0.3 is 9.52 Å². The fourth-order valence-electron chi connectivity index (χ4n) is 2.13. The van der Waals surface area contributed by atoms with Crippen LogP contribution in [-0.4, -0.2) is 19.9 Å². The molecule has 1 N–H and O–H groups in total. The molecule has 0 saturated carbocycles. The van der Waals surface area contributed by atoms with Gasteiger partial charge in [-0.25, -0.2) is 14.5 Å². The fourth-order valence-corrected chi connectivity index (χ4v) is 2.25. The Hall–Kier alpha value is -2.60. The summed E-state index contributed by atoms with van der Waals surface area (Å²) in [5.41, 5.74) is 0.0821. The Balaban J connectivity index is 2.15. The van der Waals surface area contributed by atoms with Gasteiger partial charge in [0.05, 0.1) is 0 Å². The van der Waals surface area contributed by atoms with E-state index >= 15 is 0 Å². The molecular formula is C15H12ClN3O3. The quantitative estimate of drug-likeness (QED) is 0.786. The Bertz CT molecular complexity index is 897. The zero-order valence-corrected chi connectivity index (χ0v) is 12.6. The first-order chi connectivity index (χ1) is 10.5. The highest BCUT2D eigenvalue weighted by Crippen LogP contribution is 2.27. The Kier molecular flexibility index (Phi) is 3.46. The molecule has 3 rings (SSSR count). The molecule has 0 aliphatic heterocycles. The number of aryl methyl sites for hydroxylation is 2. The Labute approximate surface area is 130 Å². The summed E-state index contributed by atoms with van der Waals surface area (Å²) in [7, 11) is 1.64. The third kappa shape index (κ3) is 2.48. The minimum absolute atomic E-state index is 0.0131. The first kappa shape index (κ1) is 14.3. The van der Waals surface area contributed by atoms with E-state index in [4.69, 9.17) is 16.0 Å². The number of aromatic hydroxyl groups is 1. The van der Waals surface area contributed by atoms with Crippen LogP contribution in [0, 0.1) is 6.92 Å². The third-order valence-electron chi connectivity index (χ3n) is 3.14. The lowest BCUT2D eigenvalue weighted by atomic mass is 10.2. The molecule has 0 radical (unpaired) electrons. The zero-order chi connectivity index (χ0) is 15.9. The number of nitrogens with zero attached hydrogens (tertiary/aromatic N) is 3. The Morgan fingerprint density at radius 1 is 1.27 bits per heavy atom. The molecule has 3 aromatic rings. The van der Waals surface area contributed by atoms with Crippen molar-refractivity contribution in [1.82, 2.24) is 14.8 Å². The standard InChI is InChI=1S/C15H12ClN3O3/c1-8-7-11(20)12(15(21)22-8)14-17-13(18-19(14)2)9-3-5-10(16)6-4-9/h3-7,20H,1-2H3. The molecule has 22 heavy (non-hydrogen) atoms. The van der Waals surface area contributed by atoms with Crippen molar-refractivity contribution < 1.29 is 9.52 Å². The van der Waals surface area contributed by atoms with E-state index in [-0.39, 0.29) is 17.1 Å². The molecule has 0 bridgehead atoms. The Morgan fingerprint density at radius 3 is 2.59 bits per heavy atom. The summed E-state index contributed by atoms with van der Waals surface area (Å²) >= 11 is 5.86. The second-order valence-corrected chi connectivity index (χ2v) is 5.23. The molecule has 0 atom stereocenters. The van der Waals surface area contributed by atoms with E-state index in [0.29, 0.717) is 16.6 Å². The molecule has 2 aromatic heterocycles. The van der Waals surface area contributed by atoms with Crippen LogP contribution in [0.5, 0.6) is 5.75 Å². The van der Waals surface area contributed by atoms with Gasteiger partial charge in [-0.05, 0) is 31.2 Å². The summed E-state index contributed by atoms with van der Waals surface area (Å²) in [6.07, 6.45) is 0. The summed E-state index contributed by atoms with van der Waals surface area (Å²) in [5, 5.41) is 14.9. The van der Waals surface area contributed by atoms with Crippen molar-refractivity contribution in [3.8, 4) is 28.5 Å². The number of hydrogen-bond acceptors (Lipinski definition) is 5. The van der Waals surface area contributed by atoms with Gasteiger partial charge in [-0.2, -0.15) is 5.10 Å². The van der Waals surface area contributed by atoms with E-state index in [0.717, 1.165) is 5.56 Å². The van der Waals surface area contributed by atoms with Gasteiger partial charge in [-0.15, -0.1) is 0 Å². The minimum Gasteiger partial charge on any atom is -0.507 e. The molecular weight excluding hydrogens is 306 g/mol. The normalized spacial score (nSPS) is 10.9. The van der Waals surface area contributed by atoms with E-state index in [2.05, 4.69) is 10.1 Å². The summed E-state index contributed by atoms with van der Waals surface area (Å²) in [6.45, 7) is 1.58. The second kappa shape index (κ2) is 5.31. The van der Waals surface area contributed by atoms with Crippen LogP contribution in [0.1, 0.15) is 5.76 Å². The van der Waals surface area contributed by atoms with Crippen molar-refractivity contribution in [2.75, 3.05) is 0 Å². The smallest absolute Gasteiger partial charge is 0.350 e. The van der Waals surface area contributed by atoms with Gasteiger partial charge in [0.2, 0.25) is 0 Å². The Morgan fingerprint density at radius 2 is 1.95 bits per heavy atom. The largest absolute Gasteiger partial charge is 0.507 e. The number of rotatable bonds is 2. The van der Waals surface area contributed by atoms with Crippen LogP contribution in [0.15, 0.2) is 39.5 Å². The predicted octanol–water partition coefficient (Wildman–Crippen LogP) is 2.77. The first-order valence-corrected chi connectivity index (χ1v) is 6.84. The van der Waals surface area contributed by atoms with Crippen molar-refractivity contribution in [1.29, 1.82) is 0 Å². The SMILES string of the molecule is Cc1cc(O)c(-c2nc(-c3ccc(Cl)cc3)nn2C)c(=O)o1. The van der Waals surface area contributed by atoms with Crippen LogP contribution in [0.4, 0.5) is 0 Å². The van der Waals surface area contributed by atoms with E-state index in [1.54, 1.807) is 38.2 Å². The second-order valence-electron chi connectivity index (χ2n) is 4.79. The fraction of sp³-hybridized carbons (Fsp3) is 0.133. The number of aromatic nitrogens is 3. The van der Waals surface area contributed by atoms with Crippen molar-refractivity contribution in [2.24, 2.45) is 7.05 Å². The van der Waals surface area contributed by atoms with Crippen LogP contribution in [-0.2, 0) is 7.05 Å². The van der Waals surface area contributed by atoms with Gasteiger partial charge in [0.1, 0.15) is 17.1 Å². The van der Waals surface area contributed by atoms with E-state index in [9.17, 15) is 9.90 Å². The van der Waals surface area contributed by atoms with E-state index < -0.39 is 5.63 Å². The van der Waals surface area contributed by atoms with Gasteiger partial charge in [-0.3, -0.25) is 0 Å². The molecule has 0 fully saturated rings. The lowest BCUT2D eigenvalue weighted by Gasteiger charge is -2.02. The molecule has 7 heteroatoms. The summed E-state index contributed by atoms with van der Waals surface area (Å²) < 4.78 is 6.44. The molecule has 6 nitrogen and oxygen atoms in total.